The molecule has 0 aromatic carbocycles. The van der Waals surface area contributed by atoms with Crippen LogP contribution in [0.3, 0.4) is 0 Å². The molecule has 1 saturated carbocycles. The van der Waals surface area contributed by atoms with Crippen molar-refractivity contribution >= 4 is 17.3 Å². The number of ether oxygens (including phenoxy) is 1. The Labute approximate surface area is 99.6 Å². The summed E-state index contributed by atoms with van der Waals surface area (Å²) in [6, 6.07) is 3.15. The smallest absolute Gasteiger partial charge is 0.328 e. The predicted molar refractivity (Wildman–Crippen MR) is 64.2 cm³/mol. The van der Waals surface area contributed by atoms with Gasteiger partial charge in [-0.25, -0.2) is 4.79 Å². The van der Waals surface area contributed by atoms with Crippen LogP contribution in [0, 0.1) is 5.92 Å². The Morgan fingerprint density at radius 2 is 2.31 bits per heavy atom. The quantitative estimate of drug-likeness (QED) is 0.821. The van der Waals surface area contributed by atoms with Gasteiger partial charge in [-0.1, -0.05) is 18.9 Å². The van der Waals surface area contributed by atoms with Crippen LogP contribution in [0.5, 0.6) is 0 Å². The van der Waals surface area contributed by atoms with Crippen LogP contribution in [-0.4, -0.2) is 12.6 Å². The second-order valence-electron chi connectivity index (χ2n) is 4.27. The van der Waals surface area contributed by atoms with E-state index >= 15 is 0 Å². The maximum absolute atomic E-state index is 11.7. The van der Waals surface area contributed by atoms with Gasteiger partial charge in [0.2, 0.25) is 0 Å². The highest BCUT2D eigenvalue weighted by atomic mass is 32.1. The van der Waals surface area contributed by atoms with Crippen molar-refractivity contribution in [1.29, 1.82) is 0 Å². The van der Waals surface area contributed by atoms with E-state index in [0.29, 0.717) is 12.5 Å². The van der Waals surface area contributed by atoms with Gasteiger partial charge in [0.15, 0.2) is 0 Å². The van der Waals surface area contributed by atoms with Gasteiger partial charge in [0.05, 0.1) is 6.61 Å². The normalized spacial score (nSPS) is 18.6. The van der Waals surface area contributed by atoms with E-state index in [9.17, 15) is 4.79 Å². The molecule has 0 aliphatic heterocycles. The van der Waals surface area contributed by atoms with Gasteiger partial charge in [-0.3, -0.25) is 0 Å². The van der Waals surface area contributed by atoms with Crippen molar-refractivity contribution in [3.63, 3.8) is 0 Å². The Kier molecular flexibility index (Phi) is 3.96. The molecule has 1 aromatic rings. The van der Waals surface area contributed by atoms with Gasteiger partial charge < -0.3 is 10.5 Å². The molecule has 4 heteroatoms. The minimum atomic E-state index is -0.610. The number of rotatable bonds is 4. The van der Waals surface area contributed by atoms with E-state index in [4.69, 9.17) is 10.5 Å². The zero-order chi connectivity index (χ0) is 11.4. The van der Waals surface area contributed by atoms with E-state index < -0.39 is 6.04 Å². The molecule has 16 heavy (non-hydrogen) atoms. The van der Waals surface area contributed by atoms with Crippen molar-refractivity contribution < 1.29 is 9.53 Å². The van der Waals surface area contributed by atoms with Crippen LogP contribution in [-0.2, 0) is 9.53 Å². The topological polar surface area (TPSA) is 52.3 Å². The molecule has 1 aliphatic rings. The van der Waals surface area contributed by atoms with Gasteiger partial charge in [-0.05, 0) is 30.2 Å². The molecular weight excluding hydrogens is 222 g/mol. The van der Waals surface area contributed by atoms with E-state index in [1.54, 1.807) is 0 Å². The summed E-state index contributed by atoms with van der Waals surface area (Å²) < 4.78 is 5.25. The molecule has 1 heterocycles. The molecular formula is C12H17NO2S. The maximum Gasteiger partial charge on any atom is 0.328 e. The molecule has 2 rings (SSSR count). The number of hydrogen-bond donors (Lipinski definition) is 1. The molecule has 1 aliphatic carbocycles. The molecule has 0 saturated heterocycles. The molecule has 0 amide bonds. The first kappa shape index (κ1) is 11.6. The summed E-state index contributed by atoms with van der Waals surface area (Å²) in [6.45, 7) is 0.540. The maximum atomic E-state index is 11.7. The highest BCUT2D eigenvalue weighted by Gasteiger charge is 2.21. The van der Waals surface area contributed by atoms with Crippen molar-refractivity contribution in [2.75, 3.05) is 6.61 Å². The molecule has 3 nitrogen and oxygen atoms in total. The number of carbonyl (C=O) groups is 1. The van der Waals surface area contributed by atoms with Gasteiger partial charge in [0.1, 0.15) is 6.04 Å². The second kappa shape index (κ2) is 5.46. The first-order valence-electron chi connectivity index (χ1n) is 5.73. The lowest BCUT2D eigenvalue weighted by atomic mass is 10.1. The lowest BCUT2D eigenvalue weighted by Crippen LogP contribution is -2.24. The summed E-state index contributed by atoms with van der Waals surface area (Å²) in [7, 11) is 0. The molecule has 1 atom stereocenters. The number of carbonyl (C=O) groups excluding carboxylic acids is 1. The molecule has 1 aromatic heterocycles. The molecule has 0 spiro atoms. The standard InChI is InChI=1S/C12H17NO2S/c13-11(10-6-3-7-16-10)12(14)15-8-9-4-1-2-5-9/h3,6-7,9,11H,1-2,4-5,8,13H2. The lowest BCUT2D eigenvalue weighted by molar-refractivity contribution is -0.146. The third kappa shape index (κ3) is 2.83. The van der Waals surface area contributed by atoms with E-state index in [0.717, 1.165) is 4.88 Å². The summed E-state index contributed by atoms with van der Waals surface area (Å²) in [6.07, 6.45) is 4.89. The summed E-state index contributed by atoms with van der Waals surface area (Å²) in [5, 5.41) is 1.92. The van der Waals surface area contributed by atoms with Crippen molar-refractivity contribution in [2.24, 2.45) is 11.7 Å². The fourth-order valence-electron chi connectivity index (χ4n) is 2.05. The zero-order valence-corrected chi connectivity index (χ0v) is 10.0. The number of esters is 1. The molecule has 88 valence electrons. The average molecular weight is 239 g/mol. The van der Waals surface area contributed by atoms with Gasteiger partial charge in [0.25, 0.3) is 0 Å². The minimum absolute atomic E-state index is 0.297. The van der Waals surface area contributed by atoms with Crippen LogP contribution in [0.2, 0.25) is 0 Å². The van der Waals surface area contributed by atoms with Gasteiger partial charge >= 0.3 is 5.97 Å². The predicted octanol–water partition coefficient (Wildman–Crippen LogP) is 2.48. The SMILES string of the molecule is NC(C(=O)OCC1CCCC1)c1cccs1. The van der Waals surface area contributed by atoms with Gasteiger partial charge in [-0.2, -0.15) is 0 Å². The molecule has 1 fully saturated rings. The van der Waals surface area contributed by atoms with Crippen LogP contribution >= 0.6 is 11.3 Å². The van der Waals surface area contributed by atoms with Crippen molar-refractivity contribution in [3.8, 4) is 0 Å². The largest absolute Gasteiger partial charge is 0.464 e. The van der Waals surface area contributed by atoms with E-state index in [1.807, 2.05) is 17.5 Å². The number of hydrogen-bond acceptors (Lipinski definition) is 4. The Morgan fingerprint density at radius 3 is 2.94 bits per heavy atom. The Morgan fingerprint density at radius 1 is 1.56 bits per heavy atom. The number of thiophene rings is 1. The highest BCUT2D eigenvalue weighted by molar-refractivity contribution is 7.10. The van der Waals surface area contributed by atoms with E-state index in [1.165, 1.54) is 37.0 Å². The summed E-state index contributed by atoms with van der Waals surface area (Å²) in [5.74, 6) is 0.258. The van der Waals surface area contributed by atoms with Crippen molar-refractivity contribution in [3.05, 3.63) is 22.4 Å². The third-order valence-corrected chi connectivity index (χ3v) is 4.00. The average Bonchev–Trinajstić information content (AvgIpc) is 2.96. The highest BCUT2D eigenvalue weighted by Crippen LogP contribution is 2.25. The van der Waals surface area contributed by atoms with Crippen molar-refractivity contribution in [2.45, 2.75) is 31.7 Å². The fraction of sp³-hybridized carbons (Fsp3) is 0.583. The molecule has 0 radical (unpaired) electrons. The Bertz CT molecular complexity index is 331. The van der Waals surface area contributed by atoms with Crippen LogP contribution in [0.25, 0.3) is 0 Å². The van der Waals surface area contributed by atoms with Gasteiger partial charge in [0, 0.05) is 4.88 Å². The summed E-state index contributed by atoms with van der Waals surface area (Å²) in [5.41, 5.74) is 5.80. The molecule has 1 unspecified atom stereocenters. The summed E-state index contributed by atoms with van der Waals surface area (Å²) in [4.78, 5) is 12.5. The molecule has 2 N–H and O–H groups in total. The van der Waals surface area contributed by atoms with Crippen molar-refractivity contribution in [1.82, 2.24) is 0 Å². The van der Waals surface area contributed by atoms with Gasteiger partial charge in [-0.15, -0.1) is 11.3 Å². The Hall–Kier alpha value is -0.870. The molecule has 0 bridgehead atoms. The fourth-order valence-corrected chi connectivity index (χ4v) is 2.77. The van der Waals surface area contributed by atoms with Crippen LogP contribution < -0.4 is 5.73 Å². The number of nitrogens with two attached hydrogens (primary N) is 1. The van der Waals surface area contributed by atoms with Crippen LogP contribution in [0.15, 0.2) is 17.5 Å². The van der Waals surface area contributed by atoms with Crippen LogP contribution in [0.4, 0.5) is 0 Å². The summed E-state index contributed by atoms with van der Waals surface area (Å²) >= 11 is 1.49. The Balaban J connectivity index is 1.79. The van der Waals surface area contributed by atoms with E-state index in [-0.39, 0.29) is 5.97 Å². The first-order valence-corrected chi connectivity index (χ1v) is 6.61. The first-order chi connectivity index (χ1) is 7.77. The monoisotopic (exact) mass is 239 g/mol. The zero-order valence-electron chi connectivity index (χ0n) is 9.22. The van der Waals surface area contributed by atoms with E-state index in [2.05, 4.69) is 0 Å². The lowest BCUT2D eigenvalue weighted by Gasteiger charge is -2.13. The van der Waals surface area contributed by atoms with Crippen LogP contribution in [0.1, 0.15) is 36.6 Å². The second-order valence-corrected chi connectivity index (χ2v) is 5.25. The minimum Gasteiger partial charge on any atom is -0.464 e. The third-order valence-electron chi connectivity index (χ3n) is 3.04.